The van der Waals surface area contributed by atoms with Crippen molar-refractivity contribution in [3.63, 3.8) is 0 Å². The van der Waals surface area contributed by atoms with E-state index in [0.717, 1.165) is 4.47 Å². The Labute approximate surface area is 135 Å². The third-order valence-corrected chi connectivity index (χ3v) is 3.44. The molecule has 0 radical (unpaired) electrons. The lowest BCUT2D eigenvalue weighted by Crippen LogP contribution is -2.20. The van der Waals surface area contributed by atoms with E-state index in [1.54, 1.807) is 42.5 Å². The van der Waals surface area contributed by atoms with E-state index in [4.69, 9.17) is 27.9 Å². The number of hydrogen-bond acceptors (Lipinski definition) is 2. The quantitative estimate of drug-likeness (QED) is 0.836. The van der Waals surface area contributed by atoms with Gasteiger partial charge in [-0.25, -0.2) is 0 Å². The molecule has 3 nitrogen and oxygen atoms in total. The SMILES string of the molecule is O=C(COc1cc(Br)ccc1Cl)Nc1ccc(Cl)cc1. The summed E-state index contributed by atoms with van der Waals surface area (Å²) in [4.78, 5) is 11.7. The first-order valence-corrected chi connectivity index (χ1v) is 7.23. The second kappa shape index (κ2) is 6.97. The first-order chi connectivity index (χ1) is 9.54. The van der Waals surface area contributed by atoms with Crippen molar-refractivity contribution in [2.75, 3.05) is 11.9 Å². The van der Waals surface area contributed by atoms with Gasteiger partial charge in [0.2, 0.25) is 0 Å². The average molecular weight is 375 g/mol. The van der Waals surface area contributed by atoms with E-state index in [-0.39, 0.29) is 12.5 Å². The minimum absolute atomic E-state index is 0.126. The lowest BCUT2D eigenvalue weighted by molar-refractivity contribution is -0.118. The zero-order chi connectivity index (χ0) is 14.5. The van der Waals surface area contributed by atoms with Crippen molar-refractivity contribution in [1.29, 1.82) is 0 Å². The Bertz CT molecular complexity index is 617. The highest BCUT2D eigenvalue weighted by atomic mass is 79.9. The maximum atomic E-state index is 11.7. The van der Waals surface area contributed by atoms with Gasteiger partial charge in [-0.1, -0.05) is 39.1 Å². The summed E-state index contributed by atoms with van der Waals surface area (Å²) in [5.41, 5.74) is 0.656. The first-order valence-electron chi connectivity index (χ1n) is 5.68. The van der Waals surface area contributed by atoms with Gasteiger partial charge >= 0.3 is 0 Å². The van der Waals surface area contributed by atoms with Crippen LogP contribution in [0, 0.1) is 0 Å². The molecular formula is C14H10BrCl2NO2. The summed E-state index contributed by atoms with van der Waals surface area (Å²) in [7, 11) is 0. The van der Waals surface area contributed by atoms with Crippen LogP contribution in [0.25, 0.3) is 0 Å². The molecule has 0 aliphatic heterocycles. The van der Waals surface area contributed by atoms with Gasteiger partial charge < -0.3 is 10.1 Å². The number of nitrogens with one attached hydrogen (secondary N) is 1. The van der Waals surface area contributed by atoms with Gasteiger partial charge in [0.15, 0.2) is 6.61 Å². The number of carbonyl (C=O) groups excluding carboxylic acids is 1. The van der Waals surface area contributed by atoms with Crippen molar-refractivity contribution >= 4 is 50.7 Å². The molecule has 20 heavy (non-hydrogen) atoms. The maximum Gasteiger partial charge on any atom is 0.262 e. The molecule has 0 fully saturated rings. The lowest BCUT2D eigenvalue weighted by Gasteiger charge is -2.09. The van der Waals surface area contributed by atoms with Crippen molar-refractivity contribution in [1.82, 2.24) is 0 Å². The third-order valence-electron chi connectivity index (χ3n) is 2.38. The van der Waals surface area contributed by atoms with E-state index in [1.165, 1.54) is 0 Å². The summed E-state index contributed by atoms with van der Waals surface area (Å²) < 4.78 is 6.20. The smallest absolute Gasteiger partial charge is 0.262 e. The van der Waals surface area contributed by atoms with Crippen LogP contribution in [0.2, 0.25) is 10.0 Å². The van der Waals surface area contributed by atoms with Crippen LogP contribution in [-0.4, -0.2) is 12.5 Å². The Balaban J connectivity index is 1.92. The van der Waals surface area contributed by atoms with Crippen LogP contribution >= 0.6 is 39.1 Å². The average Bonchev–Trinajstić information content (AvgIpc) is 2.42. The van der Waals surface area contributed by atoms with Gasteiger partial charge in [0.05, 0.1) is 5.02 Å². The summed E-state index contributed by atoms with van der Waals surface area (Å²) >= 11 is 15.0. The largest absolute Gasteiger partial charge is 0.482 e. The number of carbonyl (C=O) groups is 1. The van der Waals surface area contributed by atoms with E-state index in [9.17, 15) is 4.79 Å². The zero-order valence-corrected chi connectivity index (χ0v) is 13.3. The summed E-state index contributed by atoms with van der Waals surface area (Å²) in [6.45, 7) is -0.126. The van der Waals surface area contributed by atoms with Crippen molar-refractivity contribution in [3.05, 3.63) is 57.0 Å². The predicted molar refractivity (Wildman–Crippen MR) is 84.7 cm³/mol. The molecule has 6 heteroatoms. The van der Waals surface area contributed by atoms with Crippen LogP contribution in [0.15, 0.2) is 46.9 Å². The number of ether oxygens (including phenoxy) is 1. The molecule has 0 aliphatic rings. The van der Waals surface area contributed by atoms with Crippen LogP contribution in [0.3, 0.4) is 0 Å². The Morgan fingerprint density at radius 3 is 2.55 bits per heavy atom. The zero-order valence-electron chi connectivity index (χ0n) is 10.2. The van der Waals surface area contributed by atoms with Gasteiger partial charge in [0.1, 0.15) is 5.75 Å². The van der Waals surface area contributed by atoms with Crippen LogP contribution in [0.1, 0.15) is 0 Å². The molecule has 104 valence electrons. The molecule has 1 N–H and O–H groups in total. The number of anilines is 1. The van der Waals surface area contributed by atoms with Gasteiger partial charge in [0, 0.05) is 15.2 Å². The number of halogens is 3. The molecule has 2 rings (SSSR count). The van der Waals surface area contributed by atoms with Crippen LogP contribution in [-0.2, 0) is 4.79 Å². The number of amides is 1. The topological polar surface area (TPSA) is 38.3 Å². The third kappa shape index (κ3) is 4.40. The molecular weight excluding hydrogens is 365 g/mol. The summed E-state index contributed by atoms with van der Waals surface area (Å²) in [6, 6.07) is 12.0. The first kappa shape index (κ1) is 15.2. The van der Waals surface area contributed by atoms with Crippen molar-refractivity contribution in [2.24, 2.45) is 0 Å². The van der Waals surface area contributed by atoms with Crippen LogP contribution < -0.4 is 10.1 Å². The fraction of sp³-hybridized carbons (Fsp3) is 0.0714. The number of rotatable bonds is 4. The maximum absolute atomic E-state index is 11.7. The van der Waals surface area contributed by atoms with E-state index < -0.39 is 0 Å². The fourth-order valence-electron chi connectivity index (χ4n) is 1.46. The molecule has 0 aliphatic carbocycles. The Morgan fingerprint density at radius 1 is 1.15 bits per heavy atom. The highest BCUT2D eigenvalue weighted by Crippen LogP contribution is 2.27. The van der Waals surface area contributed by atoms with Gasteiger partial charge in [-0.05, 0) is 42.5 Å². The molecule has 0 bridgehead atoms. The normalized spacial score (nSPS) is 10.2. The predicted octanol–water partition coefficient (Wildman–Crippen LogP) is 4.77. The molecule has 0 aromatic heterocycles. The summed E-state index contributed by atoms with van der Waals surface area (Å²) in [6.07, 6.45) is 0. The number of benzene rings is 2. The Morgan fingerprint density at radius 2 is 1.85 bits per heavy atom. The molecule has 2 aromatic rings. The van der Waals surface area contributed by atoms with E-state index in [0.29, 0.717) is 21.5 Å². The van der Waals surface area contributed by atoms with E-state index in [1.807, 2.05) is 0 Å². The highest BCUT2D eigenvalue weighted by molar-refractivity contribution is 9.10. The van der Waals surface area contributed by atoms with Gasteiger partial charge in [-0.3, -0.25) is 4.79 Å². The molecule has 0 unspecified atom stereocenters. The fourth-order valence-corrected chi connectivity index (χ4v) is 2.10. The van der Waals surface area contributed by atoms with Gasteiger partial charge in [0.25, 0.3) is 5.91 Å². The monoisotopic (exact) mass is 373 g/mol. The second-order valence-electron chi connectivity index (χ2n) is 3.92. The minimum atomic E-state index is -0.275. The Kier molecular flexibility index (Phi) is 5.29. The van der Waals surface area contributed by atoms with Crippen molar-refractivity contribution in [3.8, 4) is 5.75 Å². The molecule has 2 aromatic carbocycles. The molecule has 0 saturated carbocycles. The van der Waals surface area contributed by atoms with Crippen molar-refractivity contribution in [2.45, 2.75) is 0 Å². The Hall–Kier alpha value is -1.23. The number of hydrogen-bond donors (Lipinski definition) is 1. The van der Waals surface area contributed by atoms with E-state index in [2.05, 4.69) is 21.2 Å². The standard InChI is InChI=1S/C14H10BrCl2NO2/c15-9-1-6-12(17)13(7-9)20-8-14(19)18-11-4-2-10(16)3-5-11/h1-7H,8H2,(H,18,19). The van der Waals surface area contributed by atoms with Crippen molar-refractivity contribution < 1.29 is 9.53 Å². The molecule has 0 heterocycles. The van der Waals surface area contributed by atoms with E-state index >= 15 is 0 Å². The highest BCUT2D eigenvalue weighted by Gasteiger charge is 2.07. The molecule has 0 spiro atoms. The molecule has 1 amide bonds. The van der Waals surface area contributed by atoms with Crippen LogP contribution in [0.5, 0.6) is 5.75 Å². The summed E-state index contributed by atoms with van der Waals surface area (Å²) in [5.74, 6) is 0.177. The van der Waals surface area contributed by atoms with Gasteiger partial charge in [-0.15, -0.1) is 0 Å². The lowest BCUT2D eigenvalue weighted by atomic mass is 10.3. The summed E-state index contributed by atoms with van der Waals surface area (Å²) in [5, 5.41) is 3.76. The van der Waals surface area contributed by atoms with Gasteiger partial charge in [-0.2, -0.15) is 0 Å². The van der Waals surface area contributed by atoms with Crippen LogP contribution in [0.4, 0.5) is 5.69 Å². The molecule has 0 saturated heterocycles. The minimum Gasteiger partial charge on any atom is -0.482 e. The molecule has 0 atom stereocenters. The second-order valence-corrected chi connectivity index (χ2v) is 5.68.